The summed E-state index contributed by atoms with van der Waals surface area (Å²) in [4.78, 5) is 17.0. The standard InChI is InChI=1S/C26H26N4O2/c27-18-21-6-12-25(13-7-21)32-20-26(31)28-23-8-10-24(11-9-23)30-16-14-29(15-17-30)19-22-4-2-1-3-5-22/h1-13H,14-17,19-20H2,(H,28,31). The van der Waals surface area contributed by atoms with Crippen molar-refractivity contribution in [3.8, 4) is 11.8 Å². The highest BCUT2D eigenvalue weighted by Gasteiger charge is 2.17. The molecule has 1 fully saturated rings. The molecule has 0 aliphatic carbocycles. The van der Waals surface area contributed by atoms with Crippen LogP contribution in [0.3, 0.4) is 0 Å². The van der Waals surface area contributed by atoms with Gasteiger partial charge in [-0.3, -0.25) is 9.69 Å². The van der Waals surface area contributed by atoms with Crippen molar-refractivity contribution in [2.45, 2.75) is 6.54 Å². The van der Waals surface area contributed by atoms with Gasteiger partial charge in [-0.2, -0.15) is 5.26 Å². The number of carbonyl (C=O) groups is 1. The van der Waals surface area contributed by atoms with Crippen LogP contribution in [0.1, 0.15) is 11.1 Å². The molecule has 1 saturated heterocycles. The molecule has 0 spiro atoms. The zero-order chi connectivity index (χ0) is 22.2. The molecule has 0 saturated carbocycles. The maximum atomic E-state index is 12.2. The fourth-order valence-electron chi connectivity index (χ4n) is 3.73. The van der Waals surface area contributed by atoms with Crippen molar-refractivity contribution < 1.29 is 9.53 Å². The first-order valence-corrected chi connectivity index (χ1v) is 10.7. The van der Waals surface area contributed by atoms with Gasteiger partial charge in [0.25, 0.3) is 5.91 Å². The number of benzene rings is 3. The lowest BCUT2D eigenvalue weighted by Gasteiger charge is -2.36. The Morgan fingerprint density at radius 3 is 2.25 bits per heavy atom. The summed E-state index contributed by atoms with van der Waals surface area (Å²) in [5.74, 6) is 0.331. The van der Waals surface area contributed by atoms with Gasteiger partial charge in [-0.05, 0) is 54.1 Å². The molecule has 0 unspecified atom stereocenters. The Balaban J connectivity index is 1.22. The van der Waals surface area contributed by atoms with Gasteiger partial charge in [0.1, 0.15) is 5.75 Å². The first kappa shape index (κ1) is 21.4. The Morgan fingerprint density at radius 1 is 0.906 bits per heavy atom. The highest BCUT2D eigenvalue weighted by Crippen LogP contribution is 2.20. The van der Waals surface area contributed by atoms with Gasteiger partial charge in [0.05, 0.1) is 11.6 Å². The quantitative estimate of drug-likeness (QED) is 0.621. The molecular formula is C26H26N4O2. The number of rotatable bonds is 7. The minimum atomic E-state index is -0.225. The molecule has 1 aliphatic heterocycles. The number of hydrogen-bond acceptors (Lipinski definition) is 5. The van der Waals surface area contributed by atoms with E-state index >= 15 is 0 Å². The van der Waals surface area contributed by atoms with Crippen LogP contribution in [0.15, 0.2) is 78.9 Å². The highest BCUT2D eigenvalue weighted by atomic mass is 16.5. The third-order valence-electron chi connectivity index (χ3n) is 5.49. The van der Waals surface area contributed by atoms with Gasteiger partial charge in [-0.1, -0.05) is 30.3 Å². The average molecular weight is 427 g/mol. The van der Waals surface area contributed by atoms with Gasteiger partial charge in [0.15, 0.2) is 6.61 Å². The number of anilines is 2. The van der Waals surface area contributed by atoms with Crippen LogP contribution in [-0.2, 0) is 11.3 Å². The summed E-state index contributed by atoms with van der Waals surface area (Å²) in [7, 11) is 0. The largest absolute Gasteiger partial charge is 0.484 e. The molecule has 0 radical (unpaired) electrons. The molecule has 3 aromatic rings. The summed E-state index contributed by atoms with van der Waals surface area (Å²) in [6, 6.07) is 27.2. The second kappa shape index (κ2) is 10.5. The lowest BCUT2D eigenvalue weighted by Crippen LogP contribution is -2.45. The fourth-order valence-corrected chi connectivity index (χ4v) is 3.73. The molecule has 1 N–H and O–H groups in total. The molecule has 0 bridgehead atoms. The maximum absolute atomic E-state index is 12.2. The smallest absolute Gasteiger partial charge is 0.262 e. The Hall–Kier alpha value is -3.82. The molecule has 4 rings (SSSR count). The lowest BCUT2D eigenvalue weighted by atomic mass is 10.2. The minimum absolute atomic E-state index is 0.0863. The normalized spacial score (nSPS) is 13.9. The molecule has 32 heavy (non-hydrogen) atoms. The lowest BCUT2D eigenvalue weighted by molar-refractivity contribution is -0.118. The summed E-state index contributed by atoms with van der Waals surface area (Å²) in [6.07, 6.45) is 0. The molecule has 1 aliphatic rings. The van der Waals surface area contributed by atoms with E-state index in [0.29, 0.717) is 11.3 Å². The fraction of sp³-hybridized carbons (Fsp3) is 0.231. The van der Waals surface area contributed by atoms with E-state index in [0.717, 1.165) is 44.1 Å². The van der Waals surface area contributed by atoms with E-state index in [-0.39, 0.29) is 12.5 Å². The number of amides is 1. The summed E-state index contributed by atoms with van der Waals surface area (Å²) in [5, 5.41) is 11.7. The molecule has 162 valence electrons. The predicted molar refractivity (Wildman–Crippen MR) is 126 cm³/mol. The second-order valence-electron chi connectivity index (χ2n) is 7.77. The Labute approximate surface area is 188 Å². The van der Waals surface area contributed by atoms with E-state index < -0.39 is 0 Å². The second-order valence-corrected chi connectivity index (χ2v) is 7.77. The topological polar surface area (TPSA) is 68.6 Å². The van der Waals surface area contributed by atoms with Crippen LogP contribution in [0.25, 0.3) is 0 Å². The number of hydrogen-bond donors (Lipinski definition) is 1. The SMILES string of the molecule is N#Cc1ccc(OCC(=O)Nc2ccc(N3CCN(Cc4ccccc4)CC3)cc2)cc1. The molecule has 6 nitrogen and oxygen atoms in total. The van der Waals surface area contributed by atoms with Crippen LogP contribution in [0.2, 0.25) is 0 Å². The van der Waals surface area contributed by atoms with Gasteiger partial charge in [-0.25, -0.2) is 0 Å². The summed E-state index contributed by atoms with van der Waals surface area (Å²) >= 11 is 0. The van der Waals surface area contributed by atoms with Gasteiger partial charge in [0, 0.05) is 44.1 Å². The van der Waals surface area contributed by atoms with Crippen LogP contribution in [0, 0.1) is 11.3 Å². The summed E-state index contributed by atoms with van der Waals surface area (Å²) < 4.78 is 5.48. The molecule has 3 aromatic carbocycles. The zero-order valence-corrected chi connectivity index (χ0v) is 17.9. The number of carbonyl (C=O) groups excluding carboxylic acids is 1. The Kier molecular flexibility index (Phi) is 7.01. The van der Waals surface area contributed by atoms with Crippen molar-refractivity contribution in [2.75, 3.05) is 43.0 Å². The van der Waals surface area contributed by atoms with E-state index in [4.69, 9.17) is 10.00 Å². The van der Waals surface area contributed by atoms with Crippen LogP contribution >= 0.6 is 0 Å². The first-order valence-electron chi connectivity index (χ1n) is 10.7. The van der Waals surface area contributed by atoms with Gasteiger partial charge < -0.3 is 15.0 Å². The highest BCUT2D eigenvalue weighted by molar-refractivity contribution is 5.92. The monoisotopic (exact) mass is 426 g/mol. The molecule has 1 amide bonds. The summed E-state index contributed by atoms with van der Waals surface area (Å²) in [5.41, 5.74) is 3.81. The van der Waals surface area contributed by atoms with E-state index in [2.05, 4.69) is 51.5 Å². The van der Waals surface area contributed by atoms with E-state index in [1.54, 1.807) is 24.3 Å². The van der Waals surface area contributed by atoms with Gasteiger partial charge >= 0.3 is 0 Å². The molecule has 1 heterocycles. The average Bonchev–Trinajstić information content (AvgIpc) is 2.85. The molecule has 0 aromatic heterocycles. The van der Waals surface area contributed by atoms with E-state index in [9.17, 15) is 4.79 Å². The van der Waals surface area contributed by atoms with Crippen LogP contribution in [0.4, 0.5) is 11.4 Å². The number of nitrogens with one attached hydrogen (secondary N) is 1. The van der Waals surface area contributed by atoms with Crippen LogP contribution in [0.5, 0.6) is 5.75 Å². The van der Waals surface area contributed by atoms with E-state index in [1.807, 2.05) is 24.3 Å². The first-order chi connectivity index (χ1) is 15.7. The number of nitriles is 1. The van der Waals surface area contributed by atoms with Crippen molar-refractivity contribution in [3.05, 3.63) is 90.0 Å². The third-order valence-corrected chi connectivity index (χ3v) is 5.49. The zero-order valence-electron chi connectivity index (χ0n) is 17.9. The van der Waals surface area contributed by atoms with Crippen LogP contribution in [-0.4, -0.2) is 43.6 Å². The predicted octanol–water partition coefficient (Wildman–Crippen LogP) is 3.90. The number of nitrogens with zero attached hydrogens (tertiary/aromatic N) is 3. The maximum Gasteiger partial charge on any atom is 0.262 e. The molecule has 6 heteroatoms. The number of ether oxygens (including phenoxy) is 1. The van der Waals surface area contributed by atoms with Crippen molar-refractivity contribution >= 4 is 17.3 Å². The Morgan fingerprint density at radius 2 is 1.59 bits per heavy atom. The molecular weight excluding hydrogens is 400 g/mol. The third kappa shape index (κ3) is 5.87. The number of piperazine rings is 1. The van der Waals surface area contributed by atoms with Crippen LogP contribution < -0.4 is 15.0 Å². The van der Waals surface area contributed by atoms with Crippen molar-refractivity contribution in [2.24, 2.45) is 0 Å². The minimum Gasteiger partial charge on any atom is -0.484 e. The molecule has 0 atom stereocenters. The van der Waals surface area contributed by atoms with Gasteiger partial charge in [0.2, 0.25) is 0 Å². The Bertz CT molecular complexity index is 1050. The van der Waals surface area contributed by atoms with Crippen molar-refractivity contribution in [1.29, 1.82) is 5.26 Å². The summed E-state index contributed by atoms with van der Waals surface area (Å²) in [6.45, 7) is 4.93. The van der Waals surface area contributed by atoms with E-state index in [1.165, 1.54) is 5.56 Å². The van der Waals surface area contributed by atoms with Gasteiger partial charge in [-0.15, -0.1) is 0 Å². The van der Waals surface area contributed by atoms with Crippen molar-refractivity contribution in [3.63, 3.8) is 0 Å². The van der Waals surface area contributed by atoms with Crippen molar-refractivity contribution in [1.82, 2.24) is 4.90 Å².